The van der Waals surface area contributed by atoms with Gasteiger partial charge in [0.2, 0.25) is 5.91 Å². The van der Waals surface area contributed by atoms with Crippen molar-refractivity contribution >= 4 is 23.4 Å². The van der Waals surface area contributed by atoms with E-state index in [1.807, 2.05) is 18.2 Å². The number of carbonyl (C=O) groups excluding carboxylic acids is 2. The highest BCUT2D eigenvalue weighted by molar-refractivity contribution is 6.30. The highest BCUT2D eigenvalue weighted by Gasteiger charge is 2.43. The van der Waals surface area contributed by atoms with Gasteiger partial charge < -0.3 is 10.2 Å². The van der Waals surface area contributed by atoms with Crippen LogP contribution >= 0.6 is 11.6 Å². The second-order valence-corrected chi connectivity index (χ2v) is 7.72. The van der Waals surface area contributed by atoms with Crippen molar-refractivity contribution in [1.29, 1.82) is 0 Å². The van der Waals surface area contributed by atoms with Crippen LogP contribution in [0.4, 0.5) is 13.2 Å². The summed E-state index contributed by atoms with van der Waals surface area (Å²) in [5, 5.41) is 3.24. The summed E-state index contributed by atoms with van der Waals surface area (Å²) in [6.07, 6.45) is -3.55. The van der Waals surface area contributed by atoms with Gasteiger partial charge in [0.15, 0.2) is 0 Å². The first kappa shape index (κ1) is 21.2. The van der Waals surface area contributed by atoms with Crippen molar-refractivity contribution in [2.75, 3.05) is 13.1 Å². The van der Waals surface area contributed by atoms with Crippen LogP contribution in [0.3, 0.4) is 0 Å². The molecule has 0 aromatic heterocycles. The number of halogens is 4. The van der Waals surface area contributed by atoms with Gasteiger partial charge in [-0.25, -0.2) is 0 Å². The molecule has 1 aliphatic rings. The van der Waals surface area contributed by atoms with Crippen LogP contribution in [0.5, 0.6) is 0 Å². The first-order valence-electron chi connectivity index (χ1n) is 9.12. The molecule has 1 atom stereocenters. The number of hydrogen-bond donors (Lipinski definition) is 1. The third-order valence-electron chi connectivity index (χ3n) is 5.04. The lowest BCUT2D eigenvalue weighted by atomic mass is 9.99. The molecule has 1 saturated heterocycles. The number of carbonyl (C=O) groups is 2. The number of nitrogens with one attached hydrogen (secondary N) is 1. The van der Waals surface area contributed by atoms with Crippen LogP contribution in [0.1, 0.15) is 34.8 Å². The Balaban J connectivity index is 1.65. The number of benzene rings is 2. The highest BCUT2D eigenvalue weighted by Crippen LogP contribution is 2.30. The second kappa shape index (κ2) is 8.06. The van der Waals surface area contributed by atoms with Crippen molar-refractivity contribution in [2.45, 2.75) is 31.5 Å². The maximum absolute atomic E-state index is 12.9. The van der Waals surface area contributed by atoms with Gasteiger partial charge in [-0.05, 0) is 55.7 Å². The summed E-state index contributed by atoms with van der Waals surface area (Å²) in [7, 11) is 0. The predicted octanol–water partition coefficient (Wildman–Crippen LogP) is 4.32. The predicted molar refractivity (Wildman–Crippen MR) is 104 cm³/mol. The summed E-state index contributed by atoms with van der Waals surface area (Å²) in [6, 6.07) is 11.5. The van der Waals surface area contributed by atoms with Gasteiger partial charge in [0, 0.05) is 23.7 Å². The molecule has 8 heteroatoms. The quantitative estimate of drug-likeness (QED) is 0.777. The van der Waals surface area contributed by atoms with E-state index in [2.05, 4.69) is 5.32 Å². The number of nitrogens with zero attached hydrogens (tertiary/aromatic N) is 1. The van der Waals surface area contributed by atoms with Gasteiger partial charge in [-0.1, -0.05) is 29.8 Å². The number of likely N-dealkylation sites (tertiary alicyclic amines) is 1. The fourth-order valence-corrected chi connectivity index (χ4v) is 3.57. The van der Waals surface area contributed by atoms with Crippen LogP contribution in [0.25, 0.3) is 0 Å². The Labute approximate surface area is 171 Å². The molecule has 3 rings (SSSR count). The maximum Gasteiger partial charge on any atom is 0.416 e. The van der Waals surface area contributed by atoms with Gasteiger partial charge in [-0.15, -0.1) is 0 Å². The van der Waals surface area contributed by atoms with Gasteiger partial charge in [0.25, 0.3) is 5.91 Å². The average molecular weight is 425 g/mol. The minimum absolute atomic E-state index is 0.133. The molecule has 1 aliphatic heterocycles. The molecule has 2 aromatic carbocycles. The fourth-order valence-electron chi connectivity index (χ4n) is 3.36. The molecule has 154 valence electrons. The van der Waals surface area contributed by atoms with E-state index in [1.165, 1.54) is 12.1 Å². The van der Waals surface area contributed by atoms with Gasteiger partial charge >= 0.3 is 6.18 Å². The second-order valence-electron chi connectivity index (χ2n) is 7.29. The molecule has 2 amide bonds. The Bertz CT molecular complexity index is 932. The van der Waals surface area contributed by atoms with E-state index in [0.29, 0.717) is 31.0 Å². The molecular weight excluding hydrogens is 405 g/mol. The Morgan fingerprint density at radius 2 is 1.93 bits per heavy atom. The summed E-state index contributed by atoms with van der Waals surface area (Å²) in [5.74, 6) is -0.955. The lowest BCUT2D eigenvalue weighted by Crippen LogP contribution is -2.52. The summed E-state index contributed by atoms with van der Waals surface area (Å²) in [6.45, 7) is 2.52. The first-order valence-corrected chi connectivity index (χ1v) is 9.50. The van der Waals surface area contributed by atoms with E-state index in [-0.39, 0.29) is 11.5 Å². The molecular formula is C21H20ClF3N2O2. The lowest BCUT2D eigenvalue weighted by molar-refractivity contribution is -0.137. The van der Waals surface area contributed by atoms with Crippen molar-refractivity contribution in [3.05, 3.63) is 70.2 Å². The lowest BCUT2D eigenvalue weighted by Gasteiger charge is -2.25. The molecule has 1 fully saturated rings. The molecule has 4 nitrogen and oxygen atoms in total. The minimum Gasteiger partial charge on any atom is -0.340 e. The van der Waals surface area contributed by atoms with E-state index in [9.17, 15) is 22.8 Å². The Morgan fingerprint density at radius 3 is 2.62 bits per heavy atom. The smallest absolute Gasteiger partial charge is 0.340 e. The zero-order valence-electron chi connectivity index (χ0n) is 15.7. The van der Waals surface area contributed by atoms with Crippen LogP contribution in [0, 0.1) is 0 Å². The van der Waals surface area contributed by atoms with Crippen LogP contribution < -0.4 is 5.32 Å². The Kier molecular flexibility index (Phi) is 5.89. The highest BCUT2D eigenvalue weighted by atomic mass is 35.5. The van der Waals surface area contributed by atoms with Crippen molar-refractivity contribution in [3.63, 3.8) is 0 Å². The number of alkyl halides is 3. The molecule has 1 N–H and O–H groups in total. The van der Waals surface area contributed by atoms with E-state index >= 15 is 0 Å². The normalized spacial score (nSPS) is 19.5. The molecule has 0 bridgehead atoms. The molecule has 1 heterocycles. The van der Waals surface area contributed by atoms with Crippen LogP contribution in [0.15, 0.2) is 48.5 Å². The van der Waals surface area contributed by atoms with E-state index in [1.54, 1.807) is 17.9 Å². The van der Waals surface area contributed by atoms with Crippen LogP contribution in [-0.4, -0.2) is 35.3 Å². The first-order chi connectivity index (χ1) is 13.6. The molecule has 29 heavy (non-hydrogen) atoms. The third kappa shape index (κ3) is 4.90. The Morgan fingerprint density at radius 1 is 1.21 bits per heavy atom. The standard InChI is InChI=1S/C21H20ClF3N2O2/c1-20(26-18(28)15-5-3-6-16(13-15)21(23,24)25)9-11-27(19(20)29)10-8-14-4-2-7-17(22)12-14/h2-7,12-13H,8-11H2,1H3,(H,26,28). The monoisotopic (exact) mass is 424 g/mol. The van der Waals surface area contributed by atoms with Crippen molar-refractivity contribution in [3.8, 4) is 0 Å². The topological polar surface area (TPSA) is 49.4 Å². The van der Waals surface area contributed by atoms with Gasteiger partial charge in [-0.3, -0.25) is 9.59 Å². The van der Waals surface area contributed by atoms with Gasteiger partial charge in [0.1, 0.15) is 5.54 Å². The van der Waals surface area contributed by atoms with Crippen molar-refractivity contribution < 1.29 is 22.8 Å². The van der Waals surface area contributed by atoms with Crippen LogP contribution in [0.2, 0.25) is 5.02 Å². The summed E-state index contributed by atoms with van der Waals surface area (Å²) in [5.41, 5.74) is -1.20. The fraction of sp³-hybridized carbons (Fsp3) is 0.333. The largest absolute Gasteiger partial charge is 0.416 e. The molecule has 2 aromatic rings. The molecule has 0 aliphatic carbocycles. The molecule has 0 radical (unpaired) electrons. The molecule has 0 spiro atoms. The number of hydrogen-bond acceptors (Lipinski definition) is 2. The maximum atomic E-state index is 12.9. The SMILES string of the molecule is CC1(NC(=O)c2cccc(C(F)(F)F)c2)CCN(CCc2cccc(Cl)c2)C1=O. The summed E-state index contributed by atoms with van der Waals surface area (Å²) >= 11 is 5.97. The average Bonchev–Trinajstić information content (AvgIpc) is 2.94. The van der Waals surface area contributed by atoms with E-state index in [4.69, 9.17) is 11.6 Å². The molecule has 1 unspecified atom stereocenters. The number of rotatable bonds is 5. The zero-order chi connectivity index (χ0) is 21.2. The van der Waals surface area contributed by atoms with Crippen LogP contribution in [-0.2, 0) is 17.4 Å². The third-order valence-corrected chi connectivity index (χ3v) is 5.28. The van der Waals surface area contributed by atoms with Gasteiger partial charge in [-0.2, -0.15) is 13.2 Å². The van der Waals surface area contributed by atoms with Gasteiger partial charge in [0.05, 0.1) is 5.56 Å². The minimum atomic E-state index is -4.54. The number of amides is 2. The molecule has 0 saturated carbocycles. The van der Waals surface area contributed by atoms with Crippen molar-refractivity contribution in [2.24, 2.45) is 0 Å². The summed E-state index contributed by atoms with van der Waals surface area (Å²) < 4.78 is 38.6. The Hall–Kier alpha value is -2.54. The summed E-state index contributed by atoms with van der Waals surface area (Å²) in [4.78, 5) is 26.9. The van der Waals surface area contributed by atoms with E-state index in [0.717, 1.165) is 17.7 Å². The van der Waals surface area contributed by atoms with E-state index < -0.39 is 23.2 Å². The van der Waals surface area contributed by atoms with Crippen molar-refractivity contribution in [1.82, 2.24) is 10.2 Å². The zero-order valence-corrected chi connectivity index (χ0v) is 16.5.